The summed E-state index contributed by atoms with van der Waals surface area (Å²) in [5.74, 6) is -0.863. The van der Waals surface area contributed by atoms with Gasteiger partial charge in [0.25, 0.3) is 0 Å². The second-order valence-electron chi connectivity index (χ2n) is 2.98. The molecule has 1 N–H and O–H groups in total. The van der Waals surface area contributed by atoms with Gasteiger partial charge in [-0.3, -0.25) is 4.79 Å². The molecule has 0 saturated carbocycles. The molecule has 2 rings (SSSR count). The number of anilines is 1. The molecule has 0 atom stereocenters. The van der Waals surface area contributed by atoms with Crippen LogP contribution < -0.4 is 5.32 Å². The van der Waals surface area contributed by atoms with E-state index in [2.05, 4.69) is 10.3 Å². The van der Waals surface area contributed by atoms with E-state index in [1.165, 1.54) is 6.20 Å². The van der Waals surface area contributed by atoms with E-state index < -0.39 is 5.97 Å². The number of hydrogen-bond donors (Lipinski definition) is 1. The number of fused-ring (bicyclic) bond motifs is 1. The lowest BCUT2D eigenvalue weighted by Gasteiger charge is -2.07. The summed E-state index contributed by atoms with van der Waals surface area (Å²) in [5, 5.41) is 2.97. The number of aliphatic imine (C=N–C) groups is 1. The Morgan fingerprint density at radius 3 is 3.00 bits per heavy atom. The number of carbonyl (C=O) groups is 2. The molecule has 0 radical (unpaired) electrons. The molecule has 0 bridgehead atoms. The molecule has 16 heavy (non-hydrogen) atoms. The quantitative estimate of drug-likeness (QED) is 0.433. The Balaban J connectivity index is 2.38. The Morgan fingerprint density at radius 1 is 1.38 bits per heavy atom. The van der Waals surface area contributed by atoms with Crippen LogP contribution in [0.5, 0.6) is 0 Å². The lowest BCUT2D eigenvalue weighted by Crippen LogP contribution is -2.14. The molecule has 0 fully saturated rings. The summed E-state index contributed by atoms with van der Waals surface area (Å²) in [4.78, 5) is 25.0. The van der Waals surface area contributed by atoms with Crippen LogP contribution in [-0.2, 0) is 14.3 Å². The average Bonchev–Trinajstić information content (AvgIpc) is 2.52. The average molecular weight is 216 g/mol. The fourth-order valence-corrected chi connectivity index (χ4v) is 1.30. The van der Waals surface area contributed by atoms with E-state index in [9.17, 15) is 9.59 Å². The van der Waals surface area contributed by atoms with E-state index in [1.807, 2.05) is 12.1 Å². The number of esters is 1. The molecule has 1 aromatic carbocycles. The first-order chi connectivity index (χ1) is 7.81. The zero-order valence-corrected chi connectivity index (χ0v) is 8.21. The van der Waals surface area contributed by atoms with Gasteiger partial charge in [-0.25, -0.2) is 9.79 Å². The zero-order chi connectivity index (χ0) is 11.4. The number of carbonyl (C=O) groups excluding carboxylic acids is 2. The van der Waals surface area contributed by atoms with E-state index in [-0.39, 0.29) is 12.2 Å². The number of ether oxygens (including phenoxy) is 1. The maximum absolute atomic E-state index is 10.9. The number of nitrogens with one attached hydrogen (secondary N) is 1. The number of rotatable bonds is 1. The van der Waals surface area contributed by atoms with Gasteiger partial charge in [-0.1, -0.05) is 12.1 Å². The highest BCUT2D eigenvalue weighted by molar-refractivity contribution is 6.24. The predicted octanol–water partition coefficient (Wildman–Crippen LogP) is 1.07. The molecule has 0 amide bonds. The molecule has 1 aliphatic heterocycles. The zero-order valence-electron chi connectivity index (χ0n) is 8.21. The van der Waals surface area contributed by atoms with Crippen molar-refractivity contribution in [2.45, 2.75) is 0 Å². The Morgan fingerprint density at radius 2 is 2.19 bits per heavy atom. The SMILES string of the molecule is O=CC(=O)OC1=NC=CNc2ccccc21. The third-order valence-electron chi connectivity index (χ3n) is 1.96. The normalized spacial score (nSPS) is 12.9. The summed E-state index contributed by atoms with van der Waals surface area (Å²) in [6.07, 6.45) is 3.17. The Kier molecular flexibility index (Phi) is 2.77. The summed E-state index contributed by atoms with van der Waals surface area (Å²) in [7, 11) is 0. The molecule has 80 valence electrons. The van der Waals surface area contributed by atoms with E-state index in [0.29, 0.717) is 5.56 Å². The van der Waals surface area contributed by atoms with Gasteiger partial charge in [0, 0.05) is 12.4 Å². The first-order valence-corrected chi connectivity index (χ1v) is 4.57. The van der Waals surface area contributed by atoms with Gasteiger partial charge >= 0.3 is 5.97 Å². The minimum absolute atomic E-state index is 0.104. The highest BCUT2D eigenvalue weighted by atomic mass is 16.5. The van der Waals surface area contributed by atoms with Crippen LogP contribution in [0.1, 0.15) is 5.56 Å². The number of aldehydes is 1. The van der Waals surface area contributed by atoms with Crippen molar-refractivity contribution in [1.82, 2.24) is 0 Å². The second kappa shape index (κ2) is 4.39. The minimum atomic E-state index is -0.969. The number of para-hydroxylation sites is 1. The lowest BCUT2D eigenvalue weighted by molar-refractivity contribution is -0.142. The molecule has 0 saturated heterocycles. The fraction of sp³-hybridized carbons (Fsp3) is 0. The van der Waals surface area contributed by atoms with Crippen LogP contribution in [0.4, 0.5) is 5.69 Å². The molecular weight excluding hydrogens is 208 g/mol. The molecule has 0 aromatic heterocycles. The van der Waals surface area contributed by atoms with Gasteiger partial charge in [0.05, 0.1) is 11.3 Å². The number of nitrogens with zero attached hydrogens (tertiary/aromatic N) is 1. The van der Waals surface area contributed by atoms with E-state index >= 15 is 0 Å². The molecule has 1 aliphatic rings. The van der Waals surface area contributed by atoms with Gasteiger partial charge in [0.1, 0.15) is 0 Å². The van der Waals surface area contributed by atoms with Crippen LogP contribution in [0.25, 0.3) is 0 Å². The maximum atomic E-state index is 10.9. The molecule has 0 unspecified atom stereocenters. The van der Waals surface area contributed by atoms with Gasteiger partial charge in [-0.05, 0) is 12.1 Å². The van der Waals surface area contributed by atoms with Crippen molar-refractivity contribution in [3.63, 3.8) is 0 Å². The molecule has 0 aliphatic carbocycles. The van der Waals surface area contributed by atoms with Crippen LogP contribution in [0.3, 0.4) is 0 Å². The smallest absolute Gasteiger partial charge is 0.378 e. The van der Waals surface area contributed by atoms with Gasteiger partial charge in [-0.2, -0.15) is 0 Å². The van der Waals surface area contributed by atoms with Crippen molar-refractivity contribution in [3.8, 4) is 0 Å². The number of hydrogen-bond acceptors (Lipinski definition) is 5. The first-order valence-electron chi connectivity index (χ1n) is 4.57. The largest absolute Gasteiger partial charge is 0.401 e. The lowest BCUT2D eigenvalue weighted by atomic mass is 10.2. The van der Waals surface area contributed by atoms with E-state index in [1.54, 1.807) is 18.3 Å². The van der Waals surface area contributed by atoms with Crippen molar-refractivity contribution < 1.29 is 14.3 Å². The van der Waals surface area contributed by atoms with Crippen LogP contribution in [0, 0.1) is 0 Å². The Labute approximate surface area is 91.4 Å². The fourth-order valence-electron chi connectivity index (χ4n) is 1.30. The summed E-state index contributed by atoms with van der Waals surface area (Å²) in [6, 6.07) is 7.18. The van der Waals surface area contributed by atoms with Crippen LogP contribution >= 0.6 is 0 Å². The second-order valence-corrected chi connectivity index (χ2v) is 2.98. The maximum Gasteiger partial charge on any atom is 0.378 e. The molecule has 0 spiro atoms. The van der Waals surface area contributed by atoms with Crippen molar-refractivity contribution in [2.24, 2.45) is 4.99 Å². The molecule has 5 nitrogen and oxygen atoms in total. The minimum Gasteiger partial charge on any atom is -0.401 e. The third-order valence-corrected chi connectivity index (χ3v) is 1.96. The highest BCUT2D eigenvalue weighted by Crippen LogP contribution is 2.18. The van der Waals surface area contributed by atoms with E-state index in [4.69, 9.17) is 4.74 Å². The number of benzene rings is 1. The monoisotopic (exact) mass is 216 g/mol. The molecule has 5 heteroatoms. The first kappa shape index (κ1) is 10.1. The summed E-state index contributed by atoms with van der Waals surface area (Å²) in [5.41, 5.74) is 1.39. The van der Waals surface area contributed by atoms with Crippen molar-refractivity contribution in [2.75, 3.05) is 5.32 Å². The predicted molar refractivity (Wildman–Crippen MR) is 57.9 cm³/mol. The standard InChI is InChI=1S/C11H8N2O3/c14-7-10(15)16-11-8-3-1-2-4-9(8)12-5-6-13-11/h1-7,12H. The van der Waals surface area contributed by atoms with Crippen LogP contribution in [0.2, 0.25) is 0 Å². The van der Waals surface area contributed by atoms with Gasteiger partial charge in [-0.15, -0.1) is 0 Å². The van der Waals surface area contributed by atoms with E-state index in [0.717, 1.165) is 5.69 Å². The summed E-state index contributed by atoms with van der Waals surface area (Å²) < 4.78 is 4.80. The van der Waals surface area contributed by atoms with Crippen LogP contribution in [-0.4, -0.2) is 18.2 Å². The van der Waals surface area contributed by atoms with Gasteiger partial charge < -0.3 is 10.1 Å². The Hall–Kier alpha value is -2.43. The van der Waals surface area contributed by atoms with Gasteiger partial charge in [0.15, 0.2) is 0 Å². The molecule has 1 aromatic rings. The van der Waals surface area contributed by atoms with Crippen LogP contribution in [0.15, 0.2) is 41.7 Å². The van der Waals surface area contributed by atoms with Crippen molar-refractivity contribution in [3.05, 3.63) is 42.2 Å². The summed E-state index contributed by atoms with van der Waals surface area (Å²) >= 11 is 0. The van der Waals surface area contributed by atoms with Crippen molar-refractivity contribution in [1.29, 1.82) is 0 Å². The topological polar surface area (TPSA) is 67.8 Å². The molecular formula is C11H8N2O3. The Bertz CT molecular complexity index is 492. The third kappa shape index (κ3) is 1.98. The molecule has 1 heterocycles. The summed E-state index contributed by atoms with van der Waals surface area (Å²) in [6.45, 7) is 0. The highest BCUT2D eigenvalue weighted by Gasteiger charge is 2.14. The van der Waals surface area contributed by atoms with Gasteiger partial charge in [0.2, 0.25) is 12.2 Å². The van der Waals surface area contributed by atoms with Crippen molar-refractivity contribution >= 4 is 23.8 Å².